The Bertz CT molecular complexity index is 157. The molecule has 0 saturated carbocycles. The van der Waals surface area contributed by atoms with Crippen LogP contribution in [0.4, 0.5) is 0 Å². The van der Waals surface area contributed by atoms with Crippen molar-refractivity contribution in [3.05, 3.63) is 0 Å². The summed E-state index contributed by atoms with van der Waals surface area (Å²) in [6, 6.07) is 1.13. The van der Waals surface area contributed by atoms with Gasteiger partial charge in [-0.05, 0) is 38.8 Å². The number of hydrogen-bond acceptors (Lipinski definition) is 3. The van der Waals surface area contributed by atoms with Gasteiger partial charge in [0, 0.05) is 18.6 Å². The van der Waals surface area contributed by atoms with E-state index in [-0.39, 0.29) is 0 Å². The zero-order valence-electron chi connectivity index (χ0n) is 8.21. The van der Waals surface area contributed by atoms with Gasteiger partial charge in [-0.25, -0.2) is 0 Å². The number of nitrogens with one attached hydrogen (secondary N) is 1. The maximum atomic E-state index is 9.15. The Morgan fingerprint density at radius 3 is 2.92 bits per heavy atom. The van der Waals surface area contributed by atoms with Gasteiger partial charge in [0.25, 0.3) is 0 Å². The van der Waals surface area contributed by atoms with Gasteiger partial charge >= 0.3 is 0 Å². The fourth-order valence-corrected chi connectivity index (χ4v) is 2.54. The number of nitrogens with zero attached hydrogens (tertiary/aromatic N) is 1. The molecule has 0 radical (unpaired) electrons. The number of rotatable bonds is 3. The van der Waals surface area contributed by atoms with Crippen LogP contribution < -0.4 is 5.32 Å². The van der Waals surface area contributed by atoms with Crippen molar-refractivity contribution in [2.45, 2.75) is 37.8 Å². The van der Waals surface area contributed by atoms with Crippen LogP contribution in [-0.2, 0) is 0 Å². The molecule has 13 heavy (non-hydrogen) atoms. The van der Waals surface area contributed by atoms with E-state index < -0.39 is 0 Å². The lowest BCUT2D eigenvalue weighted by Crippen LogP contribution is -2.41. The first-order chi connectivity index (χ1) is 6.40. The summed E-state index contributed by atoms with van der Waals surface area (Å²) in [7, 11) is 0. The van der Waals surface area contributed by atoms with Gasteiger partial charge in [-0.2, -0.15) is 0 Å². The molecule has 2 aliphatic rings. The minimum absolute atomic E-state index is 0.340. The molecule has 2 saturated heterocycles. The topological polar surface area (TPSA) is 35.5 Å². The summed E-state index contributed by atoms with van der Waals surface area (Å²) in [5.74, 6) is 0. The van der Waals surface area contributed by atoms with Crippen LogP contribution in [0.5, 0.6) is 0 Å². The molecule has 0 bridgehead atoms. The number of likely N-dealkylation sites (tertiary alicyclic amines) is 1. The molecule has 0 aromatic carbocycles. The Morgan fingerprint density at radius 2 is 2.23 bits per heavy atom. The minimum Gasteiger partial charge on any atom is -0.395 e. The third-order valence-electron chi connectivity index (χ3n) is 3.33. The van der Waals surface area contributed by atoms with Crippen molar-refractivity contribution in [3.63, 3.8) is 0 Å². The lowest BCUT2D eigenvalue weighted by atomic mass is 10.2. The van der Waals surface area contributed by atoms with Gasteiger partial charge in [0.05, 0.1) is 6.61 Å². The molecule has 76 valence electrons. The SMILES string of the molecule is OC[C@@H]1CCCN1C[C@@H]1CCCN1. The largest absolute Gasteiger partial charge is 0.395 e. The smallest absolute Gasteiger partial charge is 0.0586 e. The van der Waals surface area contributed by atoms with Crippen molar-refractivity contribution in [3.8, 4) is 0 Å². The van der Waals surface area contributed by atoms with Crippen LogP contribution in [0.25, 0.3) is 0 Å². The molecule has 0 spiro atoms. The lowest BCUT2D eigenvalue weighted by molar-refractivity contribution is 0.150. The van der Waals surface area contributed by atoms with E-state index >= 15 is 0 Å². The van der Waals surface area contributed by atoms with Gasteiger partial charge in [0.15, 0.2) is 0 Å². The van der Waals surface area contributed by atoms with Crippen LogP contribution in [0.3, 0.4) is 0 Å². The van der Waals surface area contributed by atoms with E-state index in [1.165, 1.54) is 38.8 Å². The van der Waals surface area contributed by atoms with Crippen LogP contribution in [0.2, 0.25) is 0 Å². The van der Waals surface area contributed by atoms with E-state index in [1.807, 2.05) is 0 Å². The Morgan fingerprint density at radius 1 is 1.31 bits per heavy atom. The number of aliphatic hydroxyl groups is 1. The summed E-state index contributed by atoms with van der Waals surface area (Å²) in [4.78, 5) is 2.45. The summed E-state index contributed by atoms with van der Waals surface area (Å²) in [5.41, 5.74) is 0. The van der Waals surface area contributed by atoms with E-state index in [9.17, 15) is 0 Å². The quantitative estimate of drug-likeness (QED) is 0.657. The summed E-state index contributed by atoms with van der Waals surface area (Å²) < 4.78 is 0. The first-order valence-electron chi connectivity index (χ1n) is 5.48. The predicted molar refractivity (Wildman–Crippen MR) is 52.7 cm³/mol. The molecule has 3 heteroatoms. The van der Waals surface area contributed by atoms with Gasteiger partial charge in [0.2, 0.25) is 0 Å². The average molecular weight is 184 g/mol. The summed E-state index contributed by atoms with van der Waals surface area (Å²) in [6.07, 6.45) is 5.08. The van der Waals surface area contributed by atoms with Crippen LogP contribution in [0, 0.1) is 0 Å². The highest BCUT2D eigenvalue weighted by atomic mass is 16.3. The molecule has 0 aromatic rings. The molecule has 0 aromatic heterocycles. The molecule has 2 heterocycles. The third kappa shape index (κ3) is 2.22. The molecular weight excluding hydrogens is 164 g/mol. The number of hydrogen-bond donors (Lipinski definition) is 2. The monoisotopic (exact) mass is 184 g/mol. The molecule has 2 fully saturated rings. The molecule has 3 nitrogen and oxygen atoms in total. The molecular formula is C10H20N2O. The molecule has 2 atom stereocenters. The van der Waals surface area contributed by atoms with Crippen molar-refractivity contribution in [1.82, 2.24) is 10.2 Å². The lowest BCUT2D eigenvalue weighted by Gasteiger charge is -2.25. The van der Waals surface area contributed by atoms with Crippen molar-refractivity contribution >= 4 is 0 Å². The van der Waals surface area contributed by atoms with Crippen LogP contribution in [0.1, 0.15) is 25.7 Å². The Kier molecular flexibility index (Phi) is 3.19. The van der Waals surface area contributed by atoms with E-state index in [0.29, 0.717) is 18.7 Å². The summed E-state index contributed by atoms with van der Waals surface area (Å²) in [5, 5.41) is 12.7. The normalized spacial score (nSPS) is 35.8. The van der Waals surface area contributed by atoms with Gasteiger partial charge in [0.1, 0.15) is 0 Å². The Labute approximate surface area is 80.1 Å². The molecule has 0 unspecified atom stereocenters. The van der Waals surface area contributed by atoms with E-state index in [4.69, 9.17) is 5.11 Å². The molecule has 2 rings (SSSR count). The second-order valence-electron chi connectivity index (χ2n) is 4.27. The van der Waals surface area contributed by atoms with Crippen molar-refractivity contribution < 1.29 is 5.11 Å². The van der Waals surface area contributed by atoms with Gasteiger partial charge < -0.3 is 10.4 Å². The maximum Gasteiger partial charge on any atom is 0.0586 e. The van der Waals surface area contributed by atoms with Gasteiger partial charge in [-0.15, -0.1) is 0 Å². The predicted octanol–water partition coefficient (Wildman–Crippen LogP) is 0.195. The second kappa shape index (κ2) is 4.40. The highest BCUT2D eigenvalue weighted by molar-refractivity contribution is 4.84. The summed E-state index contributed by atoms with van der Waals surface area (Å²) in [6.45, 7) is 3.85. The van der Waals surface area contributed by atoms with Crippen molar-refractivity contribution in [2.24, 2.45) is 0 Å². The van der Waals surface area contributed by atoms with E-state index in [0.717, 1.165) is 6.54 Å². The van der Waals surface area contributed by atoms with Gasteiger partial charge in [-0.3, -0.25) is 4.90 Å². The first kappa shape index (κ1) is 9.44. The molecule has 2 N–H and O–H groups in total. The number of aliphatic hydroxyl groups excluding tert-OH is 1. The molecule has 0 aliphatic carbocycles. The molecule has 2 aliphatic heterocycles. The Balaban J connectivity index is 1.79. The highest BCUT2D eigenvalue weighted by Crippen LogP contribution is 2.18. The average Bonchev–Trinajstić information content (AvgIpc) is 2.76. The van der Waals surface area contributed by atoms with Crippen molar-refractivity contribution in [1.29, 1.82) is 0 Å². The Hall–Kier alpha value is -0.120. The van der Waals surface area contributed by atoms with E-state index in [2.05, 4.69) is 10.2 Å². The zero-order chi connectivity index (χ0) is 9.10. The fourth-order valence-electron chi connectivity index (χ4n) is 2.54. The third-order valence-corrected chi connectivity index (χ3v) is 3.33. The first-order valence-corrected chi connectivity index (χ1v) is 5.48. The van der Waals surface area contributed by atoms with Gasteiger partial charge in [-0.1, -0.05) is 0 Å². The van der Waals surface area contributed by atoms with Crippen LogP contribution in [0.15, 0.2) is 0 Å². The zero-order valence-corrected chi connectivity index (χ0v) is 8.21. The van der Waals surface area contributed by atoms with Crippen LogP contribution in [-0.4, -0.2) is 48.3 Å². The minimum atomic E-state index is 0.340. The van der Waals surface area contributed by atoms with E-state index in [1.54, 1.807) is 0 Å². The standard InChI is InChI=1S/C10H20N2O/c13-8-10-4-2-6-12(10)7-9-3-1-5-11-9/h9-11,13H,1-8H2/t9-,10-/m0/s1. The maximum absolute atomic E-state index is 9.15. The highest BCUT2D eigenvalue weighted by Gasteiger charge is 2.26. The summed E-state index contributed by atoms with van der Waals surface area (Å²) >= 11 is 0. The van der Waals surface area contributed by atoms with Crippen LogP contribution >= 0.6 is 0 Å². The second-order valence-corrected chi connectivity index (χ2v) is 4.27. The fraction of sp³-hybridized carbons (Fsp3) is 1.00. The van der Waals surface area contributed by atoms with Crippen molar-refractivity contribution in [2.75, 3.05) is 26.2 Å². The molecule has 0 amide bonds.